The van der Waals surface area contributed by atoms with E-state index in [1.54, 1.807) is 12.1 Å². The summed E-state index contributed by atoms with van der Waals surface area (Å²) in [5.74, 6) is 0.909. The lowest BCUT2D eigenvalue weighted by molar-refractivity contribution is -0.116. The second-order valence-electron chi connectivity index (χ2n) is 5.98. The fraction of sp³-hybridized carbons (Fsp3) is 0.588. The van der Waals surface area contributed by atoms with Crippen LogP contribution in [0, 0.1) is 5.92 Å². The molecule has 1 aliphatic rings. The molecule has 0 saturated carbocycles. The zero-order valence-corrected chi connectivity index (χ0v) is 15.3. The number of halogens is 2. The molecule has 2 rings (SSSR count). The molecule has 0 aliphatic carbocycles. The Morgan fingerprint density at radius 1 is 1.26 bits per heavy atom. The molecule has 1 aromatic carbocycles. The van der Waals surface area contributed by atoms with Gasteiger partial charge in [-0.05, 0) is 76.1 Å². The van der Waals surface area contributed by atoms with E-state index in [2.05, 4.69) is 15.5 Å². The summed E-state index contributed by atoms with van der Waals surface area (Å²) in [6, 6.07) is 7.22. The van der Waals surface area contributed by atoms with Crippen LogP contribution in [-0.2, 0) is 4.79 Å². The molecule has 6 heteroatoms. The summed E-state index contributed by atoms with van der Waals surface area (Å²) in [6.07, 6.45) is 4.31. The first-order valence-corrected chi connectivity index (χ1v) is 8.47. The van der Waals surface area contributed by atoms with Crippen molar-refractivity contribution < 1.29 is 4.79 Å². The van der Waals surface area contributed by atoms with Crippen molar-refractivity contribution in [3.63, 3.8) is 0 Å². The number of likely N-dealkylation sites (tertiary alicyclic amines) is 1. The second kappa shape index (κ2) is 10.9. The molecular formula is C17H27Cl2N3O. The Morgan fingerprint density at radius 2 is 1.91 bits per heavy atom. The van der Waals surface area contributed by atoms with E-state index in [0.29, 0.717) is 11.4 Å². The van der Waals surface area contributed by atoms with E-state index in [1.165, 1.54) is 19.3 Å². The fourth-order valence-electron chi connectivity index (χ4n) is 2.86. The number of carbonyl (C=O) groups is 1. The van der Waals surface area contributed by atoms with Crippen LogP contribution in [-0.4, -0.2) is 44.0 Å². The van der Waals surface area contributed by atoms with Crippen LogP contribution in [0.25, 0.3) is 0 Å². The number of nitrogens with zero attached hydrogens (tertiary/aromatic N) is 1. The van der Waals surface area contributed by atoms with Gasteiger partial charge in [0.05, 0.1) is 0 Å². The van der Waals surface area contributed by atoms with Crippen LogP contribution in [0.2, 0.25) is 5.02 Å². The number of nitrogens with one attached hydrogen (secondary N) is 2. The van der Waals surface area contributed by atoms with Crippen molar-refractivity contribution in [1.82, 2.24) is 10.2 Å². The van der Waals surface area contributed by atoms with E-state index in [1.807, 2.05) is 19.2 Å². The predicted molar refractivity (Wildman–Crippen MR) is 99.7 cm³/mol. The molecule has 0 unspecified atom stereocenters. The van der Waals surface area contributed by atoms with Gasteiger partial charge in [0.2, 0.25) is 5.91 Å². The van der Waals surface area contributed by atoms with Crippen LogP contribution in [0.3, 0.4) is 0 Å². The fourth-order valence-corrected chi connectivity index (χ4v) is 2.99. The van der Waals surface area contributed by atoms with Crippen molar-refractivity contribution in [1.29, 1.82) is 0 Å². The highest BCUT2D eigenvalue weighted by atomic mass is 35.5. The van der Waals surface area contributed by atoms with Gasteiger partial charge in [-0.1, -0.05) is 11.6 Å². The molecule has 23 heavy (non-hydrogen) atoms. The van der Waals surface area contributed by atoms with Crippen molar-refractivity contribution in [2.24, 2.45) is 5.92 Å². The first kappa shape index (κ1) is 20.2. The number of hydrogen-bond donors (Lipinski definition) is 2. The van der Waals surface area contributed by atoms with Gasteiger partial charge in [-0.3, -0.25) is 4.79 Å². The SMILES string of the molecule is CNCCC1CCN(CCC(=O)Nc2ccc(Cl)cc2)CC1.Cl. The highest BCUT2D eigenvalue weighted by Gasteiger charge is 2.19. The third-order valence-electron chi connectivity index (χ3n) is 4.29. The Kier molecular flexibility index (Phi) is 9.56. The zero-order valence-electron chi connectivity index (χ0n) is 13.7. The summed E-state index contributed by atoms with van der Waals surface area (Å²) < 4.78 is 0. The molecule has 1 saturated heterocycles. The standard InChI is InChI=1S/C17H26ClN3O.ClH/c1-19-10-6-14-7-11-21(12-8-14)13-9-17(22)20-16-4-2-15(18)3-5-16;/h2-5,14,19H,6-13H2,1H3,(H,20,22);1H. The summed E-state index contributed by atoms with van der Waals surface area (Å²) in [5, 5.41) is 6.81. The molecule has 4 nitrogen and oxygen atoms in total. The molecular weight excluding hydrogens is 333 g/mol. The van der Waals surface area contributed by atoms with Gasteiger partial charge < -0.3 is 15.5 Å². The van der Waals surface area contributed by atoms with E-state index in [9.17, 15) is 4.79 Å². The number of benzene rings is 1. The second-order valence-corrected chi connectivity index (χ2v) is 6.42. The minimum absolute atomic E-state index is 0. The summed E-state index contributed by atoms with van der Waals surface area (Å²) in [6.45, 7) is 4.18. The smallest absolute Gasteiger partial charge is 0.225 e. The van der Waals surface area contributed by atoms with Crippen molar-refractivity contribution in [2.45, 2.75) is 25.7 Å². The minimum atomic E-state index is 0. The van der Waals surface area contributed by atoms with Crippen LogP contribution >= 0.6 is 24.0 Å². The first-order valence-electron chi connectivity index (χ1n) is 8.10. The molecule has 0 atom stereocenters. The van der Waals surface area contributed by atoms with Gasteiger partial charge in [0.1, 0.15) is 0 Å². The lowest BCUT2D eigenvalue weighted by Crippen LogP contribution is -2.36. The molecule has 1 amide bonds. The molecule has 1 fully saturated rings. The van der Waals surface area contributed by atoms with Crippen molar-refractivity contribution in [3.05, 3.63) is 29.3 Å². The molecule has 130 valence electrons. The van der Waals surface area contributed by atoms with E-state index in [-0.39, 0.29) is 18.3 Å². The van der Waals surface area contributed by atoms with Gasteiger partial charge in [-0.15, -0.1) is 12.4 Å². The lowest BCUT2D eigenvalue weighted by atomic mass is 9.93. The van der Waals surface area contributed by atoms with Gasteiger partial charge in [-0.2, -0.15) is 0 Å². The summed E-state index contributed by atoms with van der Waals surface area (Å²) >= 11 is 5.83. The highest BCUT2D eigenvalue weighted by molar-refractivity contribution is 6.30. The predicted octanol–water partition coefficient (Wildman–Crippen LogP) is 3.41. The summed E-state index contributed by atoms with van der Waals surface area (Å²) in [5.41, 5.74) is 0.806. The quantitative estimate of drug-likeness (QED) is 0.783. The number of hydrogen-bond acceptors (Lipinski definition) is 3. The van der Waals surface area contributed by atoms with Gasteiger partial charge in [-0.25, -0.2) is 0 Å². The minimum Gasteiger partial charge on any atom is -0.326 e. The van der Waals surface area contributed by atoms with Gasteiger partial charge in [0.25, 0.3) is 0 Å². The Morgan fingerprint density at radius 3 is 2.52 bits per heavy atom. The highest BCUT2D eigenvalue weighted by Crippen LogP contribution is 2.20. The van der Waals surface area contributed by atoms with Crippen LogP contribution in [0.1, 0.15) is 25.7 Å². The first-order chi connectivity index (χ1) is 10.7. The van der Waals surface area contributed by atoms with E-state index >= 15 is 0 Å². The third kappa shape index (κ3) is 7.53. The average molecular weight is 360 g/mol. The number of carbonyl (C=O) groups excluding carboxylic acids is 1. The molecule has 1 aromatic rings. The van der Waals surface area contributed by atoms with Crippen LogP contribution in [0.4, 0.5) is 5.69 Å². The van der Waals surface area contributed by atoms with E-state index in [4.69, 9.17) is 11.6 Å². The molecule has 0 radical (unpaired) electrons. The monoisotopic (exact) mass is 359 g/mol. The number of rotatable bonds is 7. The van der Waals surface area contributed by atoms with Gasteiger partial charge in [0.15, 0.2) is 0 Å². The van der Waals surface area contributed by atoms with Gasteiger partial charge >= 0.3 is 0 Å². The Labute approximate surface area is 150 Å². The lowest BCUT2D eigenvalue weighted by Gasteiger charge is -2.31. The largest absolute Gasteiger partial charge is 0.326 e. The normalized spacial score (nSPS) is 15.9. The molecule has 0 bridgehead atoms. The number of piperidine rings is 1. The van der Waals surface area contributed by atoms with Crippen LogP contribution < -0.4 is 10.6 Å². The summed E-state index contributed by atoms with van der Waals surface area (Å²) in [4.78, 5) is 14.4. The van der Waals surface area contributed by atoms with Crippen LogP contribution in [0.5, 0.6) is 0 Å². The molecule has 1 heterocycles. The van der Waals surface area contributed by atoms with Crippen molar-refractivity contribution in [2.75, 3.05) is 38.5 Å². The molecule has 1 aliphatic heterocycles. The average Bonchev–Trinajstić information content (AvgIpc) is 2.54. The van der Waals surface area contributed by atoms with Gasteiger partial charge in [0, 0.05) is 23.7 Å². The Bertz CT molecular complexity index is 459. The maximum atomic E-state index is 12.0. The topological polar surface area (TPSA) is 44.4 Å². The molecule has 2 N–H and O–H groups in total. The third-order valence-corrected chi connectivity index (χ3v) is 4.54. The molecule has 0 aromatic heterocycles. The molecule has 0 spiro atoms. The zero-order chi connectivity index (χ0) is 15.8. The maximum Gasteiger partial charge on any atom is 0.225 e. The van der Waals surface area contributed by atoms with Crippen molar-refractivity contribution in [3.8, 4) is 0 Å². The van der Waals surface area contributed by atoms with Crippen LogP contribution in [0.15, 0.2) is 24.3 Å². The van der Waals surface area contributed by atoms with Crippen molar-refractivity contribution >= 4 is 35.6 Å². The number of anilines is 1. The Balaban J connectivity index is 0.00000264. The van der Waals surface area contributed by atoms with E-state index < -0.39 is 0 Å². The number of amides is 1. The van der Waals surface area contributed by atoms with E-state index in [0.717, 1.165) is 37.8 Å². The maximum absolute atomic E-state index is 12.0. The Hall–Kier alpha value is -0.810. The summed E-state index contributed by atoms with van der Waals surface area (Å²) in [7, 11) is 2.01.